The summed E-state index contributed by atoms with van der Waals surface area (Å²) in [7, 11) is 0. The van der Waals surface area contributed by atoms with Gasteiger partial charge in [0.1, 0.15) is 6.04 Å². The van der Waals surface area contributed by atoms with E-state index in [1.54, 1.807) is 48.5 Å². The highest BCUT2D eigenvalue weighted by Crippen LogP contribution is 2.13. The van der Waals surface area contributed by atoms with E-state index in [9.17, 15) is 9.59 Å². The minimum atomic E-state index is -0.768. The third kappa shape index (κ3) is 5.71. The molecule has 0 bridgehead atoms. The molecular formula is C24H19ClN2O2. The van der Waals surface area contributed by atoms with E-state index < -0.39 is 6.04 Å². The Labute approximate surface area is 174 Å². The fraction of sp³-hybridized carbons (Fsp3) is 0.0833. The minimum absolute atomic E-state index is 0.328. The molecule has 5 heteroatoms. The van der Waals surface area contributed by atoms with Crippen LogP contribution in [0.1, 0.15) is 21.5 Å². The second-order valence-corrected chi connectivity index (χ2v) is 6.87. The summed E-state index contributed by atoms with van der Waals surface area (Å²) in [6.45, 7) is 0. The molecule has 4 nitrogen and oxygen atoms in total. The van der Waals surface area contributed by atoms with Crippen molar-refractivity contribution in [1.29, 1.82) is 0 Å². The second kappa shape index (κ2) is 9.59. The van der Waals surface area contributed by atoms with Gasteiger partial charge in [-0.05, 0) is 48.0 Å². The third-order valence-electron chi connectivity index (χ3n) is 4.31. The molecule has 0 radical (unpaired) electrons. The normalized spacial score (nSPS) is 11.2. The van der Waals surface area contributed by atoms with Crippen molar-refractivity contribution in [3.63, 3.8) is 0 Å². The number of nitrogens with one attached hydrogen (secondary N) is 2. The van der Waals surface area contributed by atoms with Gasteiger partial charge in [0, 0.05) is 28.3 Å². The SMILES string of the molecule is C#Cc1cccc(NC(=O)C(Cc2ccccc2)NC(=O)c2ccc(Cl)cc2)c1. The van der Waals surface area contributed by atoms with Gasteiger partial charge in [-0.3, -0.25) is 9.59 Å². The maximum Gasteiger partial charge on any atom is 0.251 e. The smallest absolute Gasteiger partial charge is 0.251 e. The van der Waals surface area contributed by atoms with Crippen LogP contribution in [0.25, 0.3) is 0 Å². The Balaban J connectivity index is 1.79. The van der Waals surface area contributed by atoms with Crippen molar-refractivity contribution in [1.82, 2.24) is 5.32 Å². The van der Waals surface area contributed by atoms with Crippen molar-refractivity contribution in [2.24, 2.45) is 0 Å². The molecule has 0 heterocycles. The molecular weight excluding hydrogens is 384 g/mol. The summed E-state index contributed by atoms with van der Waals surface area (Å²) < 4.78 is 0. The molecule has 3 rings (SSSR count). The molecule has 0 spiro atoms. The van der Waals surface area contributed by atoms with Gasteiger partial charge in [0.15, 0.2) is 0 Å². The van der Waals surface area contributed by atoms with Crippen molar-refractivity contribution in [3.8, 4) is 12.3 Å². The zero-order chi connectivity index (χ0) is 20.6. The summed E-state index contributed by atoms with van der Waals surface area (Å²) in [4.78, 5) is 25.6. The molecule has 3 aromatic carbocycles. The van der Waals surface area contributed by atoms with Crippen molar-refractivity contribution in [2.75, 3.05) is 5.32 Å². The zero-order valence-electron chi connectivity index (χ0n) is 15.6. The molecule has 0 saturated carbocycles. The average Bonchev–Trinajstić information content (AvgIpc) is 2.74. The Kier molecular flexibility index (Phi) is 6.67. The van der Waals surface area contributed by atoms with Gasteiger partial charge >= 0.3 is 0 Å². The van der Waals surface area contributed by atoms with Crippen LogP contribution in [0.2, 0.25) is 5.02 Å². The maximum absolute atomic E-state index is 12.9. The molecule has 0 aliphatic heterocycles. The average molecular weight is 403 g/mol. The number of terminal acetylenes is 1. The Bertz CT molecular complexity index is 1040. The number of carbonyl (C=O) groups excluding carboxylic acids is 2. The number of halogens is 1. The van der Waals surface area contributed by atoms with E-state index in [-0.39, 0.29) is 11.8 Å². The first kappa shape index (κ1) is 20.2. The molecule has 3 aromatic rings. The van der Waals surface area contributed by atoms with E-state index in [0.29, 0.717) is 28.3 Å². The van der Waals surface area contributed by atoms with Gasteiger partial charge in [-0.1, -0.05) is 53.9 Å². The van der Waals surface area contributed by atoms with Crippen molar-refractivity contribution < 1.29 is 9.59 Å². The lowest BCUT2D eigenvalue weighted by Crippen LogP contribution is -2.45. The van der Waals surface area contributed by atoms with Crippen LogP contribution in [-0.2, 0) is 11.2 Å². The third-order valence-corrected chi connectivity index (χ3v) is 4.56. The fourth-order valence-corrected chi connectivity index (χ4v) is 2.94. The topological polar surface area (TPSA) is 58.2 Å². The van der Waals surface area contributed by atoms with E-state index in [1.807, 2.05) is 30.3 Å². The van der Waals surface area contributed by atoms with E-state index in [0.717, 1.165) is 5.56 Å². The second-order valence-electron chi connectivity index (χ2n) is 6.44. The van der Waals surface area contributed by atoms with Crippen LogP contribution in [-0.4, -0.2) is 17.9 Å². The first-order valence-corrected chi connectivity index (χ1v) is 9.41. The highest BCUT2D eigenvalue weighted by Gasteiger charge is 2.22. The Hall–Kier alpha value is -3.55. The summed E-state index contributed by atoms with van der Waals surface area (Å²) >= 11 is 5.89. The monoisotopic (exact) mass is 402 g/mol. The summed E-state index contributed by atoms with van der Waals surface area (Å²) in [5, 5.41) is 6.18. The predicted molar refractivity (Wildman–Crippen MR) is 116 cm³/mol. The number of hydrogen-bond acceptors (Lipinski definition) is 2. The number of hydrogen-bond donors (Lipinski definition) is 2. The van der Waals surface area contributed by atoms with Crippen LogP contribution in [0.5, 0.6) is 0 Å². The summed E-state index contributed by atoms with van der Waals surface area (Å²) in [5.41, 5.74) is 2.59. The first-order chi connectivity index (χ1) is 14.0. The Morgan fingerprint density at radius 2 is 1.69 bits per heavy atom. The van der Waals surface area contributed by atoms with Gasteiger partial charge in [-0.2, -0.15) is 0 Å². The number of benzene rings is 3. The van der Waals surface area contributed by atoms with Gasteiger partial charge in [0.05, 0.1) is 0 Å². The molecule has 0 fully saturated rings. The summed E-state index contributed by atoms with van der Waals surface area (Å²) in [6, 6.07) is 22.2. The van der Waals surface area contributed by atoms with Crippen LogP contribution in [0, 0.1) is 12.3 Å². The van der Waals surface area contributed by atoms with Crippen LogP contribution < -0.4 is 10.6 Å². The molecule has 1 unspecified atom stereocenters. The molecule has 144 valence electrons. The summed E-state index contributed by atoms with van der Waals surface area (Å²) in [6.07, 6.45) is 5.77. The standard InChI is InChI=1S/C24H19ClN2O2/c1-2-17-9-6-10-21(15-17)26-24(29)22(16-18-7-4-3-5-8-18)27-23(28)19-11-13-20(25)14-12-19/h1,3-15,22H,16H2,(H,26,29)(H,27,28). The molecule has 2 N–H and O–H groups in total. The van der Waals surface area contributed by atoms with Gasteiger partial charge < -0.3 is 10.6 Å². The predicted octanol–water partition coefficient (Wildman–Crippen LogP) is 4.30. The lowest BCUT2D eigenvalue weighted by Gasteiger charge is -2.19. The molecule has 0 saturated heterocycles. The molecule has 0 aliphatic carbocycles. The van der Waals surface area contributed by atoms with Crippen molar-refractivity contribution >= 4 is 29.1 Å². The molecule has 1 atom stereocenters. The van der Waals surface area contributed by atoms with Crippen LogP contribution in [0.3, 0.4) is 0 Å². The first-order valence-electron chi connectivity index (χ1n) is 9.03. The lowest BCUT2D eigenvalue weighted by atomic mass is 10.0. The fourth-order valence-electron chi connectivity index (χ4n) is 2.82. The van der Waals surface area contributed by atoms with Gasteiger partial charge in [-0.25, -0.2) is 0 Å². The van der Waals surface area contributed by atoms with Gasteiger partial charge in [0.25, 0.3) is 5.91 Å². The number of carbonyl (C=O) groups is 2. The van der Waals surface area contributed by atoms with Crippen LogP contribution in [0.15, 0.2) is 78.9 Å². The Morgan fingerprint density at radius 3 is 2.38 bits per heavy atom. The van der Waals surface area contributed by atoms with Crippen LogP contribution >= 0.6 is 11.6 Å². The molecule has 2 amide bonds. The van der Waals surface area contributed by atoms with Crippen molar-refractivity contribution in [3.05, 3.63) is 101 Å². The van der Waals surface area contributed by atoms with Crippen molar-refractivity contribution in [2.45, 2.75) is 12.5 Å². The molecule has 0 aromatic heterocycles. The Morgan fingerprint density at radius 1 is 0.966 bits per heavy atom. The highest BCUT2D eigenvalue weighted by atomic mass is 35.5. The molecule has 0 aliphatic rings. The minimum Gasteiger partial charge on any atom is -0.340 e. The number of rotatable bonds is 6. The van der Waals surface area contributed by atoms with E-state index >= 15 is 0 Å². The number of anilines is 1. The van der Waals surface area contributed by atoms with E-state index in [1.165, 1.54) is 0 Å². The maximum atomic E-state index is 12.9. The molecule has 29 heavy (non-hydrogen) atoms. The zero-order valence-corrected chi connectivity index (χ0v) is 16.3. The van der Waals surface area contributed by atoms with Gasteiger partial charge in [-0.15, -0.1) is 6.42 Å². The number of amides is 2. The van der Waals surface area contributed by atoms with Crippen LogP contribution in [0.4, 0.5) is 5.69 Å². The lowest BCUT2D eigenvalue weighted by molar-refractivity contribution is -0.118. The largest absolute Gasteiger partial charge is 0.340 e. The van der Waals surface area contributed by atoms with Gasteiger partial charge in [0.2, 0.25) is 5.91 Å². The van der Waals surface area contributed by atoms with E-state index in [2.05, 4.69) is 16.6 Å². The summed E-state index contributed by atoms with van der Waals surface area (Å²) in [5.74, 6) is 1.86. The quantitative estimate of drug-likeness (QED) is 0.604. The highest BCUT2D eigenvalue weighted by molar-refractivity contribution is 6.30. The van der Waals surface area contributed by atoms with E-state index in [4.69, 9.17) is 18.0 Å².